The first kappa shape index (κ1) is 22.3. The summed E-state index contributed by atoms with van der Waals surface area (Å²) in [6, 6.07) is 12.7. The van der Waals surface area contributed by atoms with E-state index in [1.54, 1.807) is 16.9 Å². The van der Waals surface area contributed by atoms with Gasteiger partial charge in [0.1, 0.15) is 17.2 Å². The Hall–Kier alpha value is -3.52. The van der Waals surface area contributed by atoms with Crippen molar-refractivity contribution in [2.24, 2.45) is 5.92 Å². The molecular weight excluding hydrogens is 460 g/mol. The largest absolute Gasteiger partial charge is 0.354 e. The van der Waals surface area contributed by atoms with E-state index in [1.807, 2.05) is 30.3 Å². The van der Waals surface area contributed by atoms with E-state index < -0.39 is 11.6 Å². The lowest BCUT2D eigenvalue weighted by atomic mass is 9.97. The quantitative estimate of drug-likeness (QED) is 0.442. The lowest BCUT2D eigenvalue weighted by Crippen LogP contribution is -2.43. The maximum Gasteiger partial charge on any atom is 0.225 e. The zero-order valence-corrected chi connectivity index (χ0v) is 19.0. The van der Waals surface area contributed by atoms with Gasteiger partial charge in [-0.2, -0.15) is 5.10 Å². The minimum Gasteiger partial charge on any atom is -0.354 e. The van der Waals surface area contributed by atoms with Crippen molar-refractivity contribution >= 4 is 28.8 Å². The molecule has 0 saturated carbocycles. The van der Waals surface area contributed by atoms with E-state index in [9.17, 15) is 13.6 Å². The second kappa shape index (κ2) is 9.38. The summed E-state index contributed by atoms with van der Waals surface area (Å²) in [7, 11) is 0. The van der Waals surface area contributed by atoms with Gasteiger partial charge >= 0.3 is 0 Å². The van der Waals surface area contributed by atoms with Gasteiger partial charge in [-0.3, -0.25) is 4.79 Å². The fourth-order valence-electron chi connectivity index (χ4n) is 4.37. The minimum absolute atomic E-state index is 0.0729. The van der Waals surface area contributed by atoms with Crippen molar-refractivity contribution in [3.8, 4) is 11.3 Å². The summed E-state index contributed by atoms with van der Waals surface area (Å²) >= 11 is 6.14. The lowest BCUT2D eigenvalue weighted by Gasteiger charge is -2.33. The van der Waals surface area contributed by atoms with Crippen LogP contribution in [0.3, 0.4) is 0 Å². The molecule has 3 heterocycles. The highest BCUT2D eigenvalue weighted by Crippen LogP contribution is 2.29. The summed E-state index contributed by atoms with van der Waals surface area (Å²) in [6.45, 7) is 1.33. The van der Waals surface area contributed by atoms with Crippen LogP contribution in [0.15, 0.2) is 60.9 Å². The Kier molecular flexibility index (Phi) is 6.15. The van der Waals surface area contributed by atoms with Crippen LogP contribution in [0.1, 0.15) is 18.4 Å². The zero-order chi connectivity index (χ0) is 23.7. The predicted molar refractivity (Wildman–Crippen MR) is 127 cm³/mol. The number of halogens is 3. The van der Waals surface area contributed by atoms with Gasteiger partial charge in [-0.1, -0.05) is 23.7 Å². The molecule has 9 heteroatoms. The van der Waals surface area contributed by atoms with E-state index in [-0.39, 0.29) is 18.4 Å². The first-order chi connectivity index (χ1) is 16.5. The maximum absolute atomic E-state index is 13.4. The highest BCUT2D eigenvalue weighted by atomic mass is 35.5. The van der Waals surface area contributed by atoms with Crippen molar-refractivity contribution in [3.63, 3.8) is 0 Å². The third-order valence-corrected chi connectivity index (χ3v) is 6.21. The fourth-order valence-corrected chi connectivity index (χ4v) is 4.56. The van der Waals surface area contributed by atoms with Gasteiger partial charge in [0.2, 0.25) is 5.91 Å². The molecule has 0 aliphatic carbocycles. The number of aromatic nitrogens is 3. The van der Waals surface area contributed by atoms with Crippen LogP contribution >= 0.6 is 11.6 Å². The summed E-state index contributed by atoms with van der Waals surface area (Å²) in [5, 5.41) is 8.11. The second-order valence-electron chi connectivity index (χ2n) is 8.40. The van der Waals surface area contributed by atoms with Crippen LogP contribution in [0.5, 0.6) is 0 Å². The van der Waals surface area contributed by atoms with Gasteiger partial charge in [0.05, 0.1) is 11.6 Å². The first-order valence-corrected chi connectivity index (χ1v) is 11.4. The molecule has 0 radical (unpaired) electrons. The zero-order valence-electron chi connectivity index (χ0n) is 18.2. The molecular formula is C25H22ClF2N5O. The number of hydrogen-bond donors (Lipinski definition) is 1. The highest BCUT2D eigenvalue weighted by Gasteiger charge is 2.28. The lowest BCUT2D eigenvalue weighted by molar-refractivity contribution is -0.125. The Balaban J connectivity index is 1.33. The number of benzene rings is 2. The van der Waals surface area contributed by atoms with Crippen LogP contribution in [0.4, 0.5) is 14.6 Å². The third-order valence-electron chi connectivity index (χ3n) is 5.97. The van der Waals surface area contributed by atoms with Crippen LogP contribution in [-0.2, 0) is 11.3 Å². The maximum atomic E-state index is 13.4. The number of hydrogen-bond acceptors (Lipinski definition) is 4. The molecule has 4 aromatic rings. The summed E-state index contributed by atoms with van der Waals surface area (Å²) in [4.78, 5) is 19.5. The van der Waals surface area contributed by atoms with Gasteiger partial charge in [0, 0.05) is 48.7 Å². The normalized spacial score (nSPS) is 16.1. The van der Waals surface area contributed by atoms with Gasteiger partial charge in [0.15, 0.2) is 5.82 Å². The molecule has 1 atom stereocenters. The Morgan fingerprint density at radius 3 is 2.76 bits per heavy atom. The average molecular weight is 482 g/mol. The first-order valence-electron chi connectivity index (χ1n) is 11.0. The number of fused-ring (bicyclic) bond motifs is 1. The van der Waals surface area contributed by atoms with Crippen LogP contribution in [0.2, 0.25) is 5.02 Å². The Bertz CT molecular complexity index is 1340. The van der Waals surface area contributed by atoms with Crippen molar-refractivity contribution in [1.29, 1.82) is 0 Å². The molecule has 174 valence electrons. The van der Waals surface area contributed by atoms with Crippen molar-refractivity contribution < 1.29 is 13.6 Å². The Labute approximate surface area is 200 Å². The van der Waals surface area contributed by atoms with Gasteiger partial charge in [0.25, 0.3) is 0 Å². The van der Waals surface area contributed by atoms with Gasteiger partial charge in [-0.05, 0) is 48.7 Å². The second-order valence-corrected chi connectivity index (χ2v) is 8.84. The van der Waals surface area contributed by atoms with Gasteiger partial charge < -0.3 is 10.2 Å². The molecule has 2 aromatic heterocycles. The van der Waals surface area contributed by atoms with Gasteiger partial charge in [-0.25, -0.2) is 18.3 Å². The van der Waals surface area contributed by atoms with E-state index in [2.05, 4.69) is 20.3 Å². The molecule has 1 N–H and O–H groups in total. The van der Waals surface area contributed by atoms with Crippen LogP contribution < -0.4 is 10.2 Å². The Morgan fingerprint density at radius 1 is 1.15 bits per heavy atom. The molecule has 0 spiro atoms. The number of amides is 1. The average Bonchev–Trinajstić information content (AvgIpc) is 3.27. The molecule has 1 aliphatic rings. The summed E-state index contributed by atoms with van der Waals surface area (Å²) < 4.78 is 28.6. The minimum atomic E-state index is -0.662. The third kappa shape index (κ3) is 4.72. The molecule has 1 amide bonds. The Morgan fingerprint density at radius 2 is 1.97 bits per heavy atom. The van der Waals surface area contributed by atoms with E-state index in [1.165, 1.54) is 12.1 Å². The van der Waals surface area contributed by atoms with E-state index in [0.29, 0.717) is 17.1 Å². The number of nitrogens with zero attached hydrogens (tertiary/aromatic N) is 4. The number of nitrogens with one attached hydrogen (secondary N) is 1. The molecule has 34 heavy (non-hydrogen) atoms. The SMILES string of the molecule is O=C(NCc1cc(F)cc(F)c1)C1CCCN(c2nccn3nc(-c4cccc(Cl)c4)cc23)C1. The predicted octanol–water partition coefficient (Wildman–Crippen LogP) is 4.86. The van der Waals surface area contributed by atoms with Crippen LogP contribution in [0, 0.1) is 17.6 Å². The van der Waals surface area contributed by atoms with Crippen molar-refractivity contribution in [3.05, 3.63) is 83.1 Å². The smallest absolute Gasteiger partial charge is 0.225 e. The van der Waals surface area contributed by atoms with Crippen LogP contribution in [0.25, 0.3) is 16.8 Å². The summed E-state index contributed by atoms with van der Waals surface area (Å²) in [5.74, 6) is -0.970. The molecule has 1 saturated heterocycles. The van der Waals surface area contributed by atoms with E-state index in [0.717, 1.165) is 48.0 Å². The van der Waals surface area contributed by atoms with E-state index >= 15 is 0 Å². The van der Waals surface area contributed by atoms with Crippen LogP contribution in [-0.4, -0.2) is 33.6 Å². The highest BCUT2D eigenvalue weighted by molar-refractivity contribution is 6.30. The number of piperidine rings is 1. The summed E-state index contributed by atoms with van der Waals surface area (Å²) in [6.07, 6.45) is 5.04. The number of carbonyl (C=O) groups is 1. The summed E-state index contributed by atoms with van der Waals surface area (Å²) in [5.41, 5.74) is 2.92. The van der Waals surface area contributed by atoms with Crippen molar-refractivity contribution in [1.82, 2.24) is 19.9 Å². The number of rotatable bonds is 5. The van der Waals surface area contributed by atoms with Crippen molar-refractivity contribution in [2.45, 2.75) is 19.4 Å². The topological polar surface area (TPSA) is 62.5 Å². The van der Waals surface area contributed by atoms with E-state index in [4.69, 9.17) is 11.6 Å². The molecule has 2 aromatic carbocycles. The standard InChI is InChI=1S/C25H22ClF2N5O/c26-19-5-1-3-17(11-19)22-13-23-24(29-6-8-33(23)31-22)32-7-2-4-18(15-32)25(34)30-14-16-9-20(27)12-21(28)10-16/h1,3,5-6,8-13,18H,2,4,7,14-15H2,(H,30,34). The molecule has 1 unspecified atom stereocenters. The monoisotopic (exact) mass is 481 g/mol. The molecule has 1 fully saturated rings. The van der Waals surface area contributed by atoms with Gasteiger partial charge in [-0.15, -0.1) is 0 Å². The van der Waals surface area contributed by atoms with Crippen molar-refractivity contribution in [2.75, 3.05) is 18.0 Å². The number of anilines is 1. The molecule has 6 nitrogen and oxygen atoms in total. The molecule has 1 aliphatic heterocycles. The molecule has 0 bridgehead atoms. The fraction of sp³-hybridized carbons (Fsp3) is 0.240. The number of carbonyl (C=O) groups excluding carboxylic acids is 1. The molecule has 5 rings (SSSR count).